The maximum Gasteiger partial charge on any atom is 0.233 e. The number of carbonyl (C=O) groups excluding carboxylic acids is 1. The maximum atomic E-state index is 11.3. The van der Waals surface area contributed by atoms with Crippen LogP contribution in [0.5, 0.6) is 0 Å². The summed E-state index contributed by atoms with van der Waals surface area (Å²) in [7, 11) is 0. The van der Waals surface area contributed by atoms with Crippen LogP contribution in [-0.4, -0.2) is 25.5 Å². The molecule has 2 N–H and O–H groups in total. The number of carbonyl (C=O) groups is 1. The Morgan fingerprint density at radius 1 is 0.933 bits per heavy atom. The number of hydrogen-bond acceptors (Lipinski definition) is 2. The fraction of sp³-hybridized carbons (Fsp3) is 0.917. The molecule has 0 saturated heterocycles. The molecule has 0 spiro atoms. The van der Waals surface area contributed by atoms with Gasteiger partial charge >= 0.3 is 0 Å². The van der Waals surface area contributed by atoms with Crippen molar-refractivity contribution in [2.75, 3.05) is 19.6 Å². The molecule has 0 aromatic heterocycles. The van der Waals surface area contributed by atoms with Gasteiger partial charge in [0, 0.05) is 6.54 Å². The molecule has 0 saturated carbocycles. The average Bonchev–Trinajstić information content (AvgIpc) is 2.24. The van der Waals surface area contributed by atoms with Crippen molar-refractivity contribution in [3.05, 3.63) is 0 Å². The van der Waals surface area contributed by atoms with E-state index in [0.717, 1.165) is 19.5 Å². The summed E-state index contributed by atoms with van der Waals surface area (Å²) in [5.74, 6) is 0.127. The fourth-order valence-electron chi connectivity index (χ4n) is 1.37. The zero-order valence-electron chi connectivity index (χ0n) is 10.3. The van der Waals surface area contributed by atoms with Crippen molar-refractivity contribution < 1.29 is 4.79 Å². The SMILES string of the molecule is CCCCCNCC(=O)NCCCCC. The fourth-order valence-corrected chi connectivity index (χ4v) is 1.37. The summed E-state index contributed by atoms with van der Waals surface area (Å²) in [5.41, 5.74) is 0. The molecule has 3 nitrogen and oxygen atoms in total. The smallest absolute Gasteiger partial charge is 0.233 e. The summed E-state index contributed by atoms with van der Waals surface area (Å²) >= 11 is 0. The van der Waals surface area contributed by atoms with Crippen LogP contribution in [0.15, 0.2) is 0 Å². The minimum atomic E-state index is 0.127. The lowest BCUT2D eigenvalue weighted by atomic mass is 10.2. The van der Waals surface area contributed by atoms with Crippen LogP contribution in [0.1, 0.15) is 52.4 Å². The first-order valence-corrected chi connectivity index (χ1v) is 6.28. The van der Waals surface area contributed by atoms with Gasteiger partial charge < -0.3 is 10.6 Å². The second-order valence-corrected chi connectivity index (χ2v) is 3.94. The third-order valence-corrected chi connectivity index (χ3v) is 2.35. The van der Waals surface area contributed by atoms with Gasteiger partial charge in [-0.3, -0.25) is 4.79 Å². The molecule has 0 aliphatic heterocycles. The molecule has 0 aliphatic rings. The van der Waals surface area contributed by atoms with E-state index in [9.17, 15) is 4.79 Å². The van der Waals surface area contributed by atoms with E-state index in [-0.39, 0.29) is 5.91 Å². The molecule has 90 valence electrons. The van der Waals surface area contributed by atoms with Crippen molar-refractivity contribution in [3.63, 3.8) is 0 Å². The van der Waals surface area contributed by atoms with E-state index in [1.807, 2.05) is 0 Å². The van der Waals surface area contributed by atoms with Crippen LogP contribution in [0, 0.1) is 0 Å². The summed E-state index contributed by atoms with van der Waals surface area (Å²) in [6, 6.07) is 0. The van der Waals surface area contributed by atoms with E-state index in [1.165, 1.54) is 32.1 Å². The van der Waals surface area contributed by atoms with Crippen LogP contribution >= 0.6 is 0 Å². The van der Waals surface area contributed by atoms with Gasteiger partial charge in [-0.25, -0.2) is 0 Å². The Bertz CT molecular complexity index is 149. The van der Waals surface area contributed by atoms with Crippen LogP contribution in [0.4, 0.5) is 0 Å². The molecule has 3 heteroatoms. The Morgan fingerprint density at radius 2 is 1.53 bits per heavy atom. The van der Waals surface area contributed by atoms with Crippen LogP contribution in [0.3, 0.4) is 0 Å². The Hall–Kier alpha value is -0.570. The molecule has 0 radical (unpaired) electrons. The zero-order chi connectivity index (χ0) is 11.4. The zero-order valence-corrected chi connectivity index (χ0v) is 10.3. The summed E-state index contributed by atoms with van der Waals surface area (Å²) in [6.07, 6.45) is 7.13. The molecule has 1 amide bonds. The van der Waals surface area contributed by atoms with Crippen molar-refractivity contribution in [2.45, 2.75) is 52.4 Å². The third-order valence-electron chi connectivity index (χ3n) is 2.35. The van der Waals surface area contributed by atoms with Crippen molar-refractivity contribution in [1.29, 1.82) is 0 Å². The molecule has 0 rings (SSSR count). The van der Waals surface area contributed by atoms with E-state index < -0.39 is 0 Å². The number of amides is 1. The van der Waals surface area contributed by atoms with Gasteiger partial charge in [-0.1, -0.05) is 39.5 Å². The highest BCUT2D eigenvalue weighted by molar-refractivity contribution is 5.77. The monoisotopic (exact) mass is 214 g/mol. The van der Waals surface area contributed by atoms with Gasteiger partial charge in [0.25, 0.3) is 0 Å². The second-order valence-electron chi connectivity index (χ2n) is 3.94. The van der Waals surface area contributed by atoms with Crippen molar-refractivity contribution in [1.82, 2.24) is 10.6 Å². The molecule has 0 bridgehead atoms. The molecule has 0 aromatic carbocycles. The standard InChI is InChI=1S/C12H26N2O/c1-3-5-7-9-13-11-12(15)14-10-8-6-4-2/h13H,3-11H2,1-2H3,(H,14,15). The molecule has 0 fully saturated rings. The van der Waals surface area contributed by atoms with Crippen molar-refractivity contribution in [2.24, 2.45) is 0 Å². The van der Waals surface area contributed by atoms with Gasteiger partial charge in [-0.2, -0.15) is 0 Å². The van der Waals surface area contributed by atoms with Gasteiger partial charge in [-0.05, 0) is 19.4 Å². The van der Waals surface area contributed by atoms with Gasteiger partial charge in [0.05, 0.1) is 6.54 Å². The molecular formula is C12H26N2O. The first-order chi connectivity index (χ1) is 7.31. The number of unbranched alkanes of at least 4 members (excludes halogenated alkanes) is 4. The summed E-state index contributed by atoms with van der Waals surface area (Å²) in [5, 5.41) is 6.06. The highest BCUT2D eigenvalue weighted by atomic mass is 16.1. The molecule has 0 aliphatic carbocycles. The van der Waals surface area contributed by atoms with Crippen LogP contribution in [0.25, 0.3) is 0 Å². The quantitative estimate of drug-likeness (QED) is 0.547. The number of nitrogens with one attached hydrogen (secondary N) is 2. The van der Waals surface area contributed by atoms with E-state index in [4.69, 9.17) is 0 Å². The molecule has 0 atom stereocenters. The van der Waals surface area contributed by atoms with Crippen molar-refractivity contribution >= 4 is 5.91 Å². The Kier molecular flexibility index (Phi) is 11.1. The van der Waals surface area contributed by atoms with Gasteiger partial charge in [0.1, 0.15) is 0 Å². The Morgan fingerprint density at radius 3 is 2.13 bits per heavy atom. The summed E-state index contributed by atoms with van der Waals surface area (Å²) in [4.78, 5) is 11.3. The predicted octanol–water partition coefficient (Wildman–Crippen LogP) is 2.07. The molecule has 15 heavy (non-hydrogen) atoms. The largest absolute Gasteiger partial charge is 0.355 e. The van der Waals surface area contributed by atoms with Crippen LogP contribution in [-0.2, 0) is 4.79 Å². The third kappa shape index (κ3) is 11.4. The first kappa shape index (κ1) is 14.4. The van der Waals surface area contributed by atoms with Crippen LogP contribution < -0.4 is 10.6 Å². The minimum Gasteiger partial charge on any atom is -0.355 e. The Balaban J connectivity index is 3.11. The van der Waals surface area contributed by atoms with E-state index in [2.05, 4.69) is 24.5 Å². The lowest BCUT2D eigenvalue weighted by Crippen LogP contribution is -2.34. The molecule has 0 unspecified atom stereocenters. The van der Waals surface area contributed by atoms with E-state index in [1.54, 1.807) is 0 Å². The highest BCUT2D eigenvalue weighted by Gasteiger charge is 1.98. The van der Waals surface area contributed by atoms with E-state index >= 15 is 0 Å². The van der Waals surface area contributed by atoms with Crippen LogP contribution in [0.2, 0.25) is 0 Å². The molecule has 0 heterocycles. The number of rotatable bonds is 10. The highest BCUT2D eigenvalue weighted by Crippen LogP contribution is 1.91. The maximum absolute atomic E-state index is 11.3. The topological polar surface area (TPSA) is 41.1 Å². The average molecular weight is 214 g/mol. The minimum absolute atomic E-state index is 0.127. The van der Waals surface area contributed by atoms with Gasteiger partial charge in [0.2, 0.25) is 5.91 Å². The normalized spacial score (nSPS) is 10.3. The summed E-state index contributed by atoms with van der Waals surface area (Å²) < 4.78 is 0. The molecule has 0 aromatic rings. The van der Waals surface area contributed by atoms with E-state index in [0.29, 0.717) is 6.54 Å². The number of hydrogen-bond donors (Lipinski definition) is 2. The lowest BCUT2D eigenvalue weighted by molar-refractivity contribution is -0.120. The summed E-state index contributed by atoms with van der Waals surface area (Å²) in [6.45, 7) is 6.59. The van der Waals surface area contributed by atoms with Gasteiger partial charge in [-0.15, -0.1) is 0 Å². The predicted molar refractivity (Wildman–Crippen MR) is 64.9 cm³/mol. The lowest BCUT2D eigenvalue weighted by Gasteiger charge is -2.05. The molecular weight excluding hydrogens is 188 g/mol. The van der Waals surface area contributed by atoms with Crippen molar-refractivity contribution in [3.8, 4) is 0 Å². The van der Waals surface area contributed by atoms with Gasteiger partial charge in [0.15, 0.2) is 0 Å². The Labute approximate surface area is 94.0 Å². The first-order valence-electron chi connectivity index (χ1n) is 6.28. The second kappa shape index (κ2) is 11.5.